The zero-order valence-electron chi connectivity index (χ0n) is 10.8. The lowest BCUT2D eigenvalue weighted by molar-refractivity contribution is 0.411. The second kappa shape index (κ2) is 5.59. The number of rotatable bonds is 5. The molecule has 0 aliphatic heterocycles. The quantitative estimate of drug-likeness (QED) is 0.851. The molecule has 1 N–H and O–H groups in total. The summed E-state index contributed by atoms with van der Waals surface area (Å²) in [6.45, 7) is 2.88. The Bertz CT molecular complexity index is 511. The van der Waals surface area contributed by atoms with E-state index in [1.54, 1.807) is 31.3 Å². The van der Waals surface area contributed by atoms with Crippen LogP contribution in [-0.2, 0) is 7.05 Å². The molecule has 0 radical (unpaired) electrons. The summed E-state index contributed by atoms with van der Waals surface area (Å²) >= 11 is 0. The zero-order chi connectivity index (χ0) is 13.0. The van der Waals surface area contributed by atoms with Gasteiger partial charge in [-0.25, -0.2) is 0 Å². The van der Waals surface area contributed by atoms with E-state index in [1.165, 1.54) is 0 Å². The monoisotopic (exact) mass is 247 g/mol. The van der Waals surface area contributed by atoms with Crippen molar-refractivity contribution in [3.63, 3.8) is 0 Å². The molecule has 0 fully saturated rings. The summed E-state index contributed by atoms with van der Waals surface area (Å²) < 4.78 is 5.19. The molecule has 2 aromatic rings. The second-order valence-corrected chi connectivity index (χ2v) is 3.91. The molecule has 0 bridgehead atoms. The van der Waals surface area contributed by atoms with Crippen LogP contribution in [0.5, 0.6) is 5.75 Å². The van der Waals surface area contributed by atoms with Gasteiger partial charge in [0.15, 0.2) is 0 Å². The molecule has 6 heteroatoms. The average molecular weight is 247 g/mol. The molecule has 96 valence electrons. The number of aromatic nitrogens is 4. The van der Waals surface area contributed by atoms with Crippen LogP contribution in [0.2, 0.25) is 0 Å². The van der Waals surface area contributed by atoms with Crippen LogP contribution >= 0.6 is 0 Å². The Labute approximate surface area is 106 Å². The maximum atomic E-state index is 5.19. The minimum absolute atomic E-state index is 0.0219. The Morgan fingerprint density at radius 1 is 1.39 bits per heavy atom. The highest BCUT2D eigenvalue weighted by Gasteiger charge is 2.17. The minimum atomic E-state index is -0.0219. The number of methoxy groups -OCH3 is 1. The van der Waals surface area contributed by atoms with Gasteiger partial charge >= 0.3 is 0 Å². The van der Waals surface area contributed by atoms with E-state index in [-0.39, 0.29) is 6.04 Å². The van der Waals surface area contributed by atoms with Gasteiger partial charge in [-0.15, -0.1) is 0 Å². The van der Waals surface area contributed by atoms with Crippen molar-refractivity contribution >= 4 is 0 Å². The summed E-state index contributed by atoms with van der Waals surface area (Å²) in [5.41, 5.74) is 1.88. The Morgan fingerprint density at radius 3 is 2.83 bits per heavy atom. The highest BCUT2D eigenvalue weighted by Crippen LogP contribution is 2.22. The van der Waals surface area contributed by atoms with Crippen LogP contribution in [-0.4, -0.2) is 33.6 Å². The summed E-state index contributed by atoms with van der Waals surface area (Å²) in [5.74, 6) is 0.735. The van der Waals surface area contributed by atoms with Gasteiger partial charge in [0.25, 0.3) is 0 Å². The van der Waals surface area contributed by atoms with Gasteiger partial charge in [0.1, 0.15) is 11.4 Å². The first kappa shape index (κ1) is 12.5. The van der Waals surface area contributed by atoms with Gasteiger partial charge in [-0.2, -0.15) is 15.0 Å². The molecule has 0 amide bonds. The summed E-state index contributed by atoms with van der Waals surface area (Å²) in [7, 11) is 3.43. The predicted molar refractivity (Wildman–Crippen MR) is 67.3 cm³/mol. The van der Waals surface area contributed by atoms with E-state index in [2.05, 4.69) is 27.4 Å². The molecule has 6 nitrogen and oxygen atoms in total. The molecule has 1 atom stereocenters. The van der Waals surface area contributed by atoms with E-state index >= 15 is 0 Å². The molecule has 1 unspecified atom stereocenters. The molecule has 0 saturated heterocycles. The van der Waals surface area contributed by atoms with Crippen molar-refractivity contribution in [2.75, 3.05) is 13.7 Å². The SMILES string of the molecule is CCNC(c1cncc(OC)c1)c1cnn(C)n1. The van der Waals surface area contributed by atoms with E-state index in [1.807, 2.05) is 12.3 Å². The first-order chi connectivity index (χ1) is 8.74. The third kappa shape index (κ3) is 2.65. The molecule has 2 aromatic heterocycles. The van der Waals surface area contributed by atoms with E-state index in [4.69, 9.17) is 4.74 Å². The largest absolute Gasteiger partial charge is 0.495 e. The fourth-order valence-corrected chi connectivity index (χ4v) is 1.80. The maximum Gasteiger partial charge on any atom is 0.137 e. The molecule has 2 heterocycles. The number of ether oxygens (including phenoxy) is 1. The molecule has 0 spiro atoms. The Hall–Kier alpha value is -1.95. The van der Waals surface area contributed by atoms with E-state index in [9.17, 15) is 0 Å². The zero-order valence-corrected chi connectivity index (χ0v) is 10.8. The van der Waals surface area contributed by atoms with Crippen molar-refractivity contribution in [3.05, 3.63) is 35.9 Å². The molecule has 0 saturated carbocycles. The maximum absolute atomic E-state index is 5.19. The van der Waals surface area contributed by atoms with Crippen LogP contribution in [0.4, 0.5) is 0 Å². The molecule has 0 aliphatic rings. The van der Waals surface area contributed by atoms with Gasteiger partial charge in [-0.3, -0.25) is 4.98 Å². The fraction of sp³-hybridized carbons (Fsp3) is 0.417. The van der Waals surface area contributed by atoms with E-state index in [0.29, 0.717) is 0 Å². The number of aryl methyl sites for hydroxylation is 1. The van der Waals surface area contributed by atoms with Crippen molar-refractivity contribution in [3.8, 4) is 5.75 Å². The highest BCUT2D eigenvalue weighted by molar-refractivity contribution is 5.30. The number of pyridine rings is 1. The second-order valence-electron chi connectivity index (χ2n) is 3.91. The third-order valence-corrected chi connectivity index (χ3v) is 2.62. The van der Waals surface area contributed by atoms with E-state index < -0.39 is 0 Å². The van der Waals surface area contributed by atoms with Crippen LogP contribution in [0.1, 0.15) is 24.2 Å². The van der Waals surface area contributed by atoms with Crippen LogP contribution in [0, 0.1) is 0 Å². The Kier molecular flexibility index (Phi) is 3.88. The molecule has 0 aromatic carbocycles. The lowest BCUT2D eigenvalue weighted by Crippen LogP contribution is -2.22. The van der Waals surface area contributed by atoms with Gasteiger partial charge in [0.2, 0.25) is 0 Å². The summed E-state index contributed by atoms with van der Waals surface area (Å²) in [6, 6.07) is 1.93. The van der Waals surface area contributed by atoms with Gasteiger partial charge in [-0.1, -0.05) is 6.92 Å². The number of nitrogens with one attached hydrogen (secondary N) is 1. The molecule has 2 rings (SSSR count). The smallest absolute Gasteiger partial charge is 0.137 e. The highest BCUT2D eigenvalue weighted by atomic mass is 16.5. The first-order valence-corrected chi connectivity index (χ1v) is 5.83. The van der Waals surface area contributed by atoms with Crippen LogP contribution in [0.15, 0.2) is 24.7 Å². The van der Waals surface area contributed by atoms with Gasteiger partial charge in [0.05, 0.1) is 25.5 Å². The minimum Gasteiger partial charge on any atom is -0.495 e. The van der Waals surface area contributed by atoms with Crippen LogP contribution < -0.4 is 10.1 Å². The van der Waals surface area contributed by atoms with Gasteiger partial charge < -0.3 is 10.1 Å². The molecular formula is C12H17N5O. The normalized spacial score (nSPS) is 12.4. The molecule has 0 aliphatic carbocycles. The first-order valence-electron chi connectivity index (χ1n) is 5.83. The number of hydrogen-bond donors (Lipinski definition) is 1. The topological polar surface area (TPSA) is 64.9 Å². The molecular weight excluding hydrogens is 230 g/mol. The van der Waals surface area contributed by atoms with Crippen LogP contribution in [0.25, 0.3) is 0 Å². The van der Waals surface area contributed by atoms with E-state index in [0.717, 1.165) is 23.6 Å². The third-order valence-electron chi connectivity index (χ3n) is 2.62. The van der Waals surface area contributed by atoms with Crippen molar-refractivity contribution in [1.29, 1.82) is 0 Å². The lowest BCUT2D eigenvalue weighted by Gasteiger charge is -2.15. The predicted octanol–water partition coefficient (Wildman–Crippen LogP) is 0.918. The Morgan fingerprint density at radius 2 is 2.22 bits per heavy atom. The van der Waals surface area contributed by atoms with Crippen LogP contribution in [0.3, 0.4) is 0 Å². The van der Waals surface area contributed by atoms with Crippen molar-refractivity contribution in [2.24, 2.45) is 7.05 Å². The lowest BCUT2D eigenvalue weighted by atomic mass is 10.1. The Balaban J connectivity index is 2.34. The fourth-order valence-electron chi connectivity index (χ4n) is 1.80. The summed E-state index contributed by atoms with van der Waals surface area (Å²) in [4.78, 5) is 5.72. The van der Waals surface area contributed by atoms with Crippen molar-refractivity contribution in [2.45, 2.75) is 13.0 Å². The number of hydrogen-bond acceptors (Lipinski definition) is 5. The van der Waals surface area contributed by atoms with Crippen molar-refractivity contribution in [1.82, 2.24) is 25.3 Å². The summed E-state index contributed by atoms with van der Waals surface area (Å²) in [5, 5.41) is 11.8. The average Bonchev–Trinajstić information content (AvgIpc) is 2.82. The standard InChI is InChI=1S/C12H17N5O/c1-4-14-12(11-8-15-17(2)16-11)9-5-10(18-3)7-13-6-9/h5-8,12,14H,4H2,1-3H3. The van der Waals surface area contributed by atoms with Gasteiger partial charge in [-0.05, 0) is 18.2 Å². The van der Waals surface area contributed by atoms with Crippen molar-refractivity contribution < 1.29 is 4.74 Å². The summed E-state index contributed by atoms with van der Waals surface area (Å²) in [6.07, 6.45) is 5.25. The van der Waals surface area contributed by atoms with Gasteiger partial charge in [0, 0.05) is 13.2 Å². The molecule has 18 heavy (non-hydrogen) atoms. The number of nitrogens with zero attached hydrogens (tertiary/aromatic N) is 4.